The van der Waals surface area contributed by atoms with Crippen LogP contribution in [0.25, 0.3) is 5.65 Å². The highest BCUT2D eigenvalue weighted by Crippen LogP contribution is 2.17. The second kappa shape index (κ2) is 4.61. The van der Waals surface area contributed by atoms with Crippen molar-refractivity contribution in [2.45, 2.75) is 11.3 Å². The van der Waals surface area contributed by atoms with Gasteiger partial charge in [-0.1, -0.05) is 17.8 Å². The fraction of sp³-hybridized carbons (Fsp3) is 0.333. The van der Waals surface area contributed by atoms with Crippen LogP contribution in [-0.2, 0) is 0 Å². The molecule has 0 saturated carbocycles. The van der Waals surface area contributed by atoms with Crippen LogP contribution in [0.3, 0.4) is 0 Å². The number of aliphatic hydroxyl groups excluding tert-OH is 2. The molecule has 1 atom stereocenters. The second-order valence-corrected chi connectivity index (χ2v) is 4.05. The van der Waals surface area contributed by atoms with Gasteiger partial charge in [-0.15, -0.1) is 10.2 Å². The lowest BCUT2D eigenvalue weighted by molar-refractivity contribution is 0.113. The maximum Gasteiger partial charge on any atom is 0.195 e. The van der Waals surface area contributed by atoms with Gasteiger partial charge in [-0.05, 0) is 12.1 Å². The lowest BCUT2D eigenvalue weighted by atomic mass is 10.4. The van der Waals surface area contributed by atoms with E-state index >= 15 is 0 Å². The first-order valence-corrected chi connectivity index (χ1v) is 5.51. The van der Waals surface area contributed by atoms with E-state index in [-0.39, 0.29) is 6.61 Å². The van der Waals surface area contributed by atoms with E-state index in [0.717, 1.165) is 10.8 Å². The predicted octanol–water partition coefficient (Wildman–Crippen LogP) is 0.175. The summed E-state index contributed by atoms with van der Waals surface area (Å²) in [5.41, 5.74) is 0.776. The van der Waals surface area contributed by atoms with E-state index in [1.54, 1.807) is 0 Å². The summed E-state index contributed by atoms with van der Waals surface area (Å²) >= 11 is 1.37. The van der Waals surface area contributed by atoms with Crippen molar-refractivity contribution < 1.29 is 10.2 Å². The van der Waals surface area contributed by atoms with Crippen molar-refractivity contribution in [3.63, 3.8) is 0 Å². The van der Waals surface area contributed by atoms with Gasteiger partial charge in [0.2, 0.25) is 0 Å². The standard InChI is InChI=1S/C9H11N3O2S/c13-5-7(14)6-15-9-11-10-8-3-1-2-4-12(8)9/h1-4,7,13-14H,5-6H2. The monoisotopic (exact) mass is 225 g/mol. The molecule has 2 N–H and O–H groups in total. The number of hydrogen-bond donors (Lipinski definition) is 2. The van der Waals surface area contributed by atoms with Gasteiger partial charge in [-0.25, -0.2) is 0 Å². The molecule has 0 spiro atoms. The molecule has 0 amide bonds. The molecule has 15 heavy (non-hydrogen) atoms. The Morgan fingerprint density at radius 2 is 2.27 bits per heavy atom. The van der Waals surface area contributed by atoms with E-state index in [1.807, 2.05) is 28.8 Å². The minimum absolute atomic E-state index is 0.232. The first-order chi connectivity index (χ1) is 7.31. The maximum absolute atomic E-state index is 9.20. The average Bonchev–Trinajstić information content (AvgIpc) is 2.69. The molecule has 0 aromatic carbocycles. The van der Waals surface area contributed by atoms with Crippen molar-refractivity contribution in [2.24, 2.45) is 0 Å². The summed E-state index contributed by atoms with van der Waals surface area (Å²) < 4.78 is 1.84. The quantitative estimate of drug-likeness (QED) is 0.726. The molecule has 0 aliphatic heterocycles. The van der Waals surface area contributed by atoms with Crippen LogP contribution < -0.4 is 0 Å². The van der Waals surface area contributed by atoms with E-state index in [4.69, 9.17) is 5.11 Å². The highest BCUT2D eigenvalue weighted by Gasteiger charge is 2.08. The summed E-state index contributed by atoms with van der Waals surface area (Å²) in [6, 6.07) is 5.64. The van der Waals surface area contributed by atoms with Crippen LogP contribution in [0.1, 0.15) is 0 Å². The molecule has 0 bridgehead atoms. The summed E-state index contributed by atoms with van der Waals surface area (Å²) in [4.78, 5) is 0. The highest BCUT2D eigenvalue weighted by molar-refractivity contribution is 7.99. The molecule has 2 rings (SSSR count). The molecular weight excluding hydrogens is 214 g/mol. The van der Waals surface area contributed by atoms with E-state index in [9.17, 15) is 5.11 Å². The fourth-order valence-corrected chi connectivity index (χ4v) is 1.98. The van der Waals surface area contributed by atoms with Crippen LogP contribution in [-0.4, -0.2) is 43.3 Å². The molecule has 2 aromatic heterocycles. The van der Waals surface area contributed by atoms with Crippen molar-refractivity contribution in [1.29, 1.82) is 0 Å². The van der Waals surface area contributed by atoms with Crippen LogP contribution in [0.4, 0.5) is 0 Å². The number of thioether (sulfide) groups is 1. The summed E-state index contributed by atoms with van der Waals surface area (Å²) in [6.45, 7) is -0.232. The van der Waals surface area contributed by atoms with E-state index in [2.05, 4.69) is 10.2 Å². The number of fused-ring (bicyclic) bond motifs is 1. The zero-order valence-corrected chi connectivity index (χ0v) is 8.76. The van der Waals surface area contributed by atoms with E-state index in [0.29, 0.717) is 5.75 Å². The summed E-state index contributed by atoms with van der Waals surface area (Å²) in [5, 5.41) is 26.5. The van der Waals surface area contributed by atoms with E-state index < -0.39 is 6.10 Å². The molecule has 0 radical (unpaired) electrons. The van der Waals surface area contributed by atoms with Crippen molar-refractivity contribution in [3.8, 4) is 0 Å². The van der Waals surface area contributed by atoms with Gasteiger partial charge in [-0.3, -0.25) is 4.40 Å². The van der Waals surface area contributed by atoms with Crippen molar-refractivity contribution in [3.05, 3.63) is 24.4 Å². The van der Waals surface area contributed by atoms with Crippen LogP contribution >= 0.6 is 11.8 Å². The molecule has 0 saturated heterocycles. The van der Waals surface area contributed by atoms with Gasteiger partial charge < -0.3 is 10.2 Å². The third-order valence-electron chi connectivity index (χ3n) is 1.90. The average molecular weight is 225 g/mol. The number of aliphatic hydroxyl groups is 2. The third-order valence-corrected chi connectivity index (χ3v) is 2.99. The zero-order valence-electron chi connectivity index (χ0n) is 7.95. The van der Waals surface area contributed by atoms with Crippen LogP contribution in [0.15, 0.2) is 29.6 Å². The highest BCUT2D eigenvalue weighted by atomic mass is 32.2. The summed E-state index contributed by atoms with van der Waals surface area (Å²) in [7, 11) is 0. The van der Waals surface area contributed by atoms with Crippen LogP contribution in [0.5, 0.6) is 0 Å². The lowest BCUT2D eigenvalue weighted by Crippen LogP contribution is -2.14. The molecule has 1 unspecified atom stereocenters. The SMILES string of the molecule is OCC(O)CSc1nnc2ccccn12. The summed E-state index contributed by atoms with van der Waals surface area (Å²) in [5.74, 6) is 0.409. The first-order valence-electron chi connectivity index (χ1n) is 4.53. The first kappa shape index (κ1) is 10.4. The molecule has 0 aliphatic carbocycles. The number of hydrogen-bond acceptors (Lipinski definition) is 5. The third kappa shape index (κ3) is 2.28. The Bertz CT molecular complexity index is 446. The normalized spacial score (nSPS) is 13.2. The lowest BCUT2D eigenvalue weighted by Gasteiger charge is -2.04. The topological polar surface area (TPSA) is 70.7 Å². The molecule has 2 aromatic rings. The fourth-order valence-electron chi connectivity index (χ4n) is 1.14. The Morgan fingerprint density at radius 3 is 3.07 bits per heavy atom. The van der Waals surface area contributed by atoms with Gasteiger partial charge in [-0.2, -0.15) is 0 Å². The number of aromatic nitrogens is 3. The molecule has 0 fully saturated rings. The van der Waals surface area contributed by atoms with Crippen LogP contribution in [0, 0.1) is 0 Å². The minimum atomic E-state index is -0.717. The van der Waals surface area contributed by atoms with Crippen LogP contribution in [0.2, 0.25) is 0 Å². The van der Waals surface area contributed by atoms with Crippen molar-refractivity contribution in [2.75, 3.05) is 12.4 Å². The number of pyridine rings is 1. The molecule has 5 nitrogen and oxygen atoms in total. The van der Waals surface area contributed by atoms with Crippen molar-refractivity contribution >= 4 is 17.4 Å². The van der Waals surface area contributed by atoms with Gasteiger partial charge in [0, 0.05) is 11.9 Å². The Kier molecular flexibility index (Phi) is 3.20. The van der Waals surface area contributed by atoms with E-state index in [1.165, 1.54) is 11.8 Å². The molecule has 6 heteroatoms. The molecule has 0 aliphatic rings. The van der Waals surface area contributed by atoms with Gasteiger partial charge in [0.15, 0.2) is 10.8 Å². The van der Waals surface area contributed by atoms with Gasteiger partial charge >= 0.3 is 0 Å². The van der Waals surface area contributed by atoms with Crippen molar-refractivity contribution in [1.82, 2.24) is 14.6 Å². The minimum Gasteiger partial charge on any atom is -0.394 e. The maximum atomic E-state index is 9.20. The smallest absolute Gasteiger partial charge is 0.195 e. The van der Waals surface area contributed by atoms with Gasteiger partial charge in [0.05, 0.1) is 12.7 Å². The number of rotatable bonds is 4. The Labute approximate surface area is 90.8 Å². The summed E-state index contributed by atoms with van der Waals surface area (Å²) in [6.07, 6.45) is 1.15. The molecule has 80 valence electrons. The largest absolute Gasteiger partial charge is 0.394 e. The molecular formula is C9H11N3O2S. The predicted molar refractivity (Wildman–Crippen MR) is 56.8 cm³/mol. The Morgan fingerprint density at radius 1 is 1.40 bits per heavy atom. The zero-order chi connectivity index (χ0) is 10.7. The Balaban J connectivity index is 2.14. The number of nitrogens with zero attached hydrogens (tertiary/aromatic N) is 3. The molecule has 2 heterocycles. The Hall–Kier alpha value is -1.11. The van der Waals surface area contributed by atoms with Gasteiger partial charge in [0.1, 0.15) is 0 Å². The van der Waals surface area contributed by atoms with Gasteiger partial charge in [0.25, 0.3) is 0 Å². The second-order valence-electron chi connectivity index (χ2n) is 3.06.